The molecule has 0 amide bonds. The monoisotopic (exact) mass is 238 g/mol. The number of imidazole rings is 1. The average Bonchev–Trinajstić information content (AvgIpc) is 2.73. The number of hydrogen-bond donors (Lipinski definition) is 1. The first kappa shape index (κ1) is 10.9. The minimum absolute atomic E-state index is 0.734. The fraction of sp³-hybridized carbons (Fsp3) is 0.214. The Morgan fingerprint density at radius 3 is 2.50 bits per heavy atom. The number of hydrogen-bond acceptors (Lipinski definition) is 3. The van der Waals surface area contributed by atoms with E-state index in [2.05, 4.69) is 39.0 Å². The van der Waals surface area contributed by atoms with E-state index >= 15 is 0 Å². The van der Waals surface area contributed by atoms with Gasteiger partial charge in [0.15, 0.2) is 5.65 Å². The molecule has 0 saturated heterocycles. The van der Waals surface area contributed by atoms with E-state index in [0.29, 0.717) is 0 Å². The van der Waals surface area contributed by atoms with Crippen molar-refractivity contribution in [2.45, 2.75) is 20.8 Å². The van der Waals surface area contributed by atoms with Crippen LogP contribution < -0.4 is 0 Å². The van der Waals surface area contributed by atoms with Crippen molar-refractivity contribution in [2.24, 2.45) is 0 Å². The number of fused-ring (bicyclic) bond motifs is 1. The van der Waals surface area contributed by atoms with E-state index in [0.717, 1.165) is 34.1 Å². The minimum Gasteiger partial charge on any atom is -0.335 e. The van der Waals surface area contributed by atoms with Crippen LogP contribution in [0.5, 0.6) is 0 Å². The van der Waals surface area contributed by atoms with Crippen LogP contribution in [0.2, 0.25) is 0 Å². The predicted molar refractivity (Wildman–Crippen MR) is 71.3 cm³/mol. The quantitative estimate of drug-likeness (QED) is 0.709. The van der Waals surface area contributed by atoms with Gasteiger partial charge in [-0.15, -0.1) is 0 Å². The van der Waals surface area contributed by atoms with Gasteiger partial charge in [-0.3, -0.25) is 0 Å². The molecule has 2 aromatic heterocycles. The smallest absolute Gasteiger partial charge is 0.181 e. The van der Waals surface area contributed by atoms with E-state index in [1.807, 2.05) is 26.0 Å². The summed E-state index contributed by atoms with van der Waals surface area (Å²) in [5.41, 5.74) is 4.88. The molecular weight excluding hydrogens is 224 g/mol. The first-order valence-electron chi connectivity index (χ1n) is 5.92. The molecule has 0 radical (unpaired) electrons. The highest BCUT2D eigenvalue weighted by molar-refractivity contribution is 5.78. The van der Waals surface area contributed by atoms with Crippen LogP contribution in [-0.4, -0.2) is 19.9 Å². The molecule has 18 heavy (non-hydrogen) atoms. The number of H-pyrrole nitrogens is 1. The SMILES string of the molecule is Cc1nc(C)c2[nH]c(-c3ccccc3C)nc2n1. The first-order valence-corrected chi connectivity index (χ1v) is 5.92. The number of nitrogens with zero attached hydrogens (tertiary/aromatic N) is 3. The zero-order chi connectivity index (χ0) is 12.7. The molecule has 3 aromatic rings. The van der Waals surface area contributed by atoms with Crippen molar-refractivity contribution in [2.75, 3.05) is 0 Å². The Hall–Kier alpha value is -2.23. The summed E-state index contributed by atoms with van der Waals surface area (Å²) in [7, 11) is 0. The lowest BCUT2D eigenvalue weighted by Gasteiger charge is -2.00. The van der Waals surface area contributed by atoms with Crippen molar-refractivity contribution in [3.63, 3.8) is 0 Å². The van der Waals surface area contributed by atoms with Crippen molar-refractivity contribution >= 4 is 11.2 Å². The van der Waals surface area contributed by atoms with Gasteiger partial charge in [0.25, 0.3) is 0 Å². The summed E-state index contributed by atoms with van der Waals surface area (Å²) in [5, 5.41) is 0. The molecule has 2 heterocycles. The molecule has 0 aliphatic rings. The molecule has 3 rings (SSSR count). The van der Waals surface area contributed by atoms with Crippen molar-refractivity contribution in [3.05, 3.63) is 41.3 Å². The Balaban J connectivity index is 2.26. The van der Waals surface area contributed by atoms with Crippen LogP contribution in [0.15, 0.2) is 24.3 Å². The molecule has 90 valence electrons. The highest BCUT2D eigenvalue weighted by Gasteiger charge is 2.10. The van der Waals surface area contributed by atoms with E-state index in [9.17, 15) is 0 Å². The zero-order valence-corrected chi connectivity index (χ0v) is 10.7. The maximum atomic E-state index is 4.56. The fourth-order valence-corrected chi connectivity index (χ4v) is 2.14. The lowest BCUT2D eigenvalue weighted by Crippen LogP contribution is -1.91. The molecule has 1 aromatic carbocycles. The van der Waals surface area contributed by atoms with Gasteiger partial charge in [0.1, 0.15) is 17.2 Å². The Bertz CT molecular complexity index is 728. The third kappa shape index (κ3) is 1.66. The van der Waals surface area contributed by atoms with Crippen LogP contribution >= 0.6 is 0 Å². The van der Waals surface area contributed by atoms with Crippen LogP contribution in [-0.2, 0) is 0 Å². The van der Waals surface area contributed by atoms with Gasteiger partial charge < -0.3 is 4.98 Å². The standard InChI is InChI=1S/C14H14N4/c1-8-6-4-5-7-11(8)13-17-12-9(2)15-10(3)16-14(12)18-13/h4-7H,1-3H3,(H,15,16,17,18). The fourth-order valence-electron chi connectivity index (χ4n) is 2.14. The average molecular weight is 238 g/mol. The Morgan fingerprint density at radius 1 is 0.944 bits per heavy atom. The second-order valence-corrected chi connectivity index (χ2v) is 4.46. The van der Waals surface area contributed by atoms with Gasteiger partial charge in [0, 0.05) is 5.56 Å². The third-order valence-corrected chi connectivity index (χ3v) is 3.04. The summed E-state index contributed by atoms with van der Waals surface area (Å²) < 4.78 is 0. The molecule has 0 saturated carbocycles. The Kier molecular flexibility index (Phi) is 2.37. The van der Waals surface area contributed by atoms with Gasteiger partial charge in [-0.1, -0.05) is 24.3 Å². The molecule has 4 heteroatoms. The highest BCUT2D eigenvalue weighted by atomic mass is 15.0. The maximum absolute atomic E-state index is 4.56. The summed E-state index contributed by atoms with van der Waals surface area (Å²) in [6.07, 6.45) is 0. The van der Waals surface area contributed by atoms with Gasteiger partial charge >= 0.3 is 0 Å². The van der Waals surface area contributed by atoms with Crippen LogP contribution in [0.25, 0.3) is 22.6 Å². The second-order valence-electron chi connectivity index (χ2n) is 4.46. The number of benzene rings is 1. The molecule has 0 bridgehead atoms. The summed E-state index contributed by atoms with van der Waals surface area (Å²) in [5.74, 6) is 1.61. The molecular formula is C14H14N4. The first-order chi connectivity index (χ1) is 8.65. The van der Waals surface area contributed by atoms with Gasteiger partial charge in [0.05, 0.1) is 5.69 Å². The topological polar surface area (TPSA) is 54.5 Å². The summed E-state index contributed by atoms with van der Waals surface area (Å²) in [6.45, 7) is 5.93. The predicted octanol–water partition coefficient (Wildman–Crippen LogP) is 2.95. The van der Waals surface area contributed by atoms with Gasteiger partial charge in [-0.25, -0.2) is 15.0 Å². The van der Waals surface area contributed by atoms with Crippen LogP contribution in [0, 0.1) is 20.8 Å². The normalized spacial score (nSPS) is 11.1. The van der Waals surface area contributed by atoms with Crippen LogP contribution in [0.1, 0.15) is 17.1 Å². The van der Waals surface area contributed by atoms with E-state index in [1.165, 1.54) is 5.56 Å². The van der Waals surface area contributed by atoms with Gasteiger partial charge in [-0.2, -0.15) is 0 Å². The van der Waals surface area contributed by atoms with Crippen molar-refractivity contribution < 1.29 is 0 Å². The number of rotatable bonds is 1. The molecule has 0 spiro atoms. The van der Waals surface area contributed by atoms with Gasteiger partial charge in [-0.05, 0) is 26.3 Å². The summed E-state index contributed by atoms with van der Waals surface area (Å²) >= 11 is 0. The maximum Gasteiger partial charge on any atom is 0.181 e. The van der Waals surface area contributed by atoms with Gasteiger partial charge in [0.2, 0.25) is 0 Å². The highest BCUT2D eigenvalue weighted by Crippen LogP contribution is 2.23. The second kappa shape index (κ2) is 3.91. The third-order valence-electron chi connectivity index (χ3n) is 3.04. The number of nitrogens with one attached hydrogen (secondary N) is 1. The van der Waals surface area contributed by atoms with E-state index in [4.69, 9.17) is 0 Å². The van der Waals surface area contributed by atoms with E-state index < -0.39 is 0 Å². The number of aryl methyl sites for hydroxylation is 3. The molecule has 0 unspecified atom stereocenters. The largest absolute Gasteiger partial charge is 0.335 e. The van der Waals surface area contributed by atoms with Crippen molar-refractivity contribution in [3.8, 4) is 11.4 Å². The molecule has 0 aliphatic heterocycles. The Labute approximate surface area is 105 Å². The number of aromatic amines is 1. The summed E-state index contributed by atoms with van der Waals surface area (Å²) in [4.78, 5) is 16.6. The summed E-state index contributed by atoms with van der Waals surface area (Å²) in [6, 6.07) is 8.17. The lowest BCUT2D eigenvalue weighted by molar-refractivity contribution is 1.04. The van der Waals surface area contributed by atoms with Crippen LogP contribution in [0.3, 0.4) is 0 Å². The zero-order valence-electron chi connectivity index (χ0n) is 10.7. The Morgan fingerprint density at radius 2 is 1.72 bits per heavy atom. The minimum atomic E-state index is 0.734. The molecule has 4 nitrogen and oxygen atoms in total. The van der Waals surface area contributed by atoms with Crippen molar-refractivity contribution in [1.29, 1.82) is 0 Å². The van der Waals surface area contributed by atoms with Crippen LogP contribution in [0.4, 0.5) is 0 Å². The van der Waals surface area contributed by atoms with E-state index in [1.54, 1.807) is 0 Å². The van der Waals surface area contributed by atoms with Crippen molar-refractivity contribution in [1.82, 2.24) is 19.9 Å². The molecule has 0 atom stereocenters. The molecule has 1 N–H and O–H groups in total. The lowest BCUT2D eigenvalue weighted by atomic mass is 10.1. The molecule has 0 aliphatic carbocycles. The number of aromatic nitrogens is 4. The van der Waals surface area contributed by atoms with E-state index in [-0.39, 0.29) is 0 Å². The molecule has 0 fully saturated rings.